The van der Waals surface area contributed by atoms with Crippen LogP contribution in [0.1, 0.15) is 59.3 Å². The third-order valence-electron chi connectivity index (χ3n) is 4.79. The van der Waals surface area contributed by atoms with E-state index in [0.29, 0.717) is 6.04 Å². The third-order valence-corrected chi connectivity index (χ3v) is 4.79. The first-order valence-corrected chi connectivity index (χ1v) is 8.08. The van der Waals surface area contributed by atoms with Crippen LogP contribution in [0.15, 0.2) is 0 Å². The van der Waals surface area contributed by atoms with Crippen molar-refractivity contribution in [2.75, 3.05) is 26.9 Å². The standard InChI is InChI=1S/C16H33NO2/c1-5-10-17-15(16(6-2,7-3)18-4)13-14-8-11-19-12-9-14/h14-15,17H,5-13H2,1-4H3. The number of methoxy groups -OCH3 is 1. The Bertz CT molecular complexity index is 215. The van der Waals surface area contributed by atoms with E-state index in [2.05, 4.69) is 26.1 Å². The van der Waals surface area contributed by atoms with Crippen LogP contribution < -0.4 is 5.32 Å². The SMILES string of the molecule is CCCNC(CC1CCOCC1)C(CC)(CC)OC. The molecule has 0 saturated carbocycles. The lowest BCUT2D eigenvalue weighted by atomic mass is 9.80. The summed E-state index contributed by atoms with van der Waals surface area (Å²) in [5.74, 6) is 0.788. The summed E-state index contributed by atoms with van der Waals surface area (Å²) in [4.78, 5) is 0. The monoisotopic (exact) mass is 271 g/mol. The number of nitrogens with one attached hydrogen (secondary N) is 1. The first-order chi connectivity index (χ1) is 9.22. The van der Waals surface area contributed by atoms with Gasteiger partial charge in [-0.1, -0.05) is 20.8 Å². The Morgan fingerprint density at radius 2 is 1.84 bits per heavy atom. The fraction of sp³-hybridized carbons (Fsp3) is 1.00. The Morgan fingerprint density at radius 3 is 2.32 bits per heavy atom. The molecule has 19 heavy (non-hydrogen) atoms. The Kier molecular flexibility index (Phi) is 7.96. The summed E-state index contributed by atoms with van der Waals surface area (Å²) in [7, 11) is 1.87. The highest BCUT2D eigenvalue weighted by atomic mass is 16.5. The van der Waals surface area contributed by atoms with Crippen LogP contribution in [0.2, 0.25) is 0 Å². The van der Waals surface area contributed by atoms with Crippen LogP contribution in [-0.4, -0.2) is 38.5 Å². The second-order valence-electron chi connectivity index (χ2n) is 5.77. The van der Waals surface area contributed by atoms with Crippen molar-refractivity contribution in [3.63, 3.8) is 0 Å². The summed E-state index contributed by atoms with van der Waals surface area (Å²) in [5.41, 5.74) is -0.00647. The van der Waals surface area contributed by atoms with E-state index in [4.69, 9.17) is 9.47 Å². The second-order valence-corrected chi connectivity index (χ2v) is 5.77. The fourth-order valence-corrected chi connectivity index (χ4v) is 3.29. The number of hydrogen-bond donors (Lipinski definition) is 1. The zero-order valence-corrected chi connectivity index (χ0v) is 13.3. The summed E-state index contributed by atoms with van der Waals surface area (Å²) >= 11 is 0. The van der Waals surface area contributed by atoms with Crippen molar-refractivity contribution in [2.24, 2.45) is 5.92 Å². The molecule has 1 rings (SSSR count). The molecule has 1 heterocycles. The molecule has 3 nitrogen and oxygen atoms in total. The molecule has 0 bridgehead atoms. The van der Waals surface area contributed by atoms with Crippen LogP contribution in [0, 0.1) is 5.92 Å². The van der Waals surface area contributed by atoms with Gasteiger partial charge in [-0.15, -0.1) is 0 Å². The lowest BCUT2D eigenvalue weighted by molar-refractivity contribution is -0.0574. The molecule has 1 saturated heterocycles. The molecule has 1 aliphatic rings. The van der Waals surface area contributed by atoms with E-state index in [1.165, 1.54) is 25.7 Å². The Labute approximate surface area is 119 Å². The highest BCUT2D eigenvalue weighted by Crippen LogP contribution is 2.31. The smallest absolute Gasteiger partial charge is 0.0825 e. The molecule has 0 radical (unpaired) electrons. The first kappa shape index (κ1) is 16.9. The molecular weight excluding hydrogens is 238 g/mol. The molecule has 1 fully saturated rings. The third kappa shape index (κ3) is 4.73. The molecule has 0 amide bonds. The highest BCUT2D eigenvalue weighted by molar-refractivity contribution is 4.93. The maximum absolute atomic E-state index is 5.94. The minimum Gasteiger partial charge on any atom is -0.381 e. The van der Waals surface area contributed by atoms with Gasteiger partial charge in [0.25, 0.3) is 0 Å². The lowest BCUT2D eigenvalue weighted by Crippen LogP contribution is -2.52. The molecule has 0 spiro atoms. The lowest BCUT2D eigenvalue weighted by Gasteiger charge is -2.41. The van der Waals surface area contributed by atoms with Gasteiger partial charge in [0.1, 0.15) is 0 Å². The Morgan fingerprint density at radius 1 is 1.21 bits per heavy atom. The van der Waals surface area contributed by atoms with Crippen molar-refractivity contribution in [1.29, 1.82) is 0 Å². The number of ether oxygens (including phenoxy) is 2. The summed E-state index contributed by atoms with van der Waals surface area (Å²) in [5, 5.41) is 3.74. The normalized spacial score (nSPS) is 19.6. The average Bonchev–Trinajstić information content (AvgIpc) is 2.48. The maximum Gasteiger partial charge on any atom is 0.0825 e. The molecule has 0 aromatic rings. The summed E-state index contributed by atoms with van der Waals surface area (Å²) in [6.07, 6.45) is 6.96. The van der Waals surface area contributed by atoms with E-state index in [1.54, 1.807) is 0 Å². The molecule has 114 valence electrons. The van der Waals surface area contributed by atoms with E-state index in [-0.39, 0.29) is 5.60 Å². The second kappa shape index (κ2) is 8.93. The number of hydrogen-bond acceptors (Lipinski definition) is 3. The van der Waals surface area contributed by atoms with Gasteiger partial charge in [0.15, 0.2) is 0 Å². The van der Waals surface area contributed by atoms with Gasteiger partial charge in [-0.2, -0.15) is 0 Å². The predicted molar refractivity (Wildman–Crippen MR) is 80.6 cm³/mol. The summed E-state index contributed by atoms with van der Waals surface area (Å²) in [6.45, 7) is 9.67. The van der Waals surface area contributed by atoms with Gasteiger partial charge in [-0.25, -0.2) is 0 Å². The van der Waals surface area contributed by atoms with E-state index >= 15 is 0 Å². The minimum absolute atomic E-state index is 0.00647. The molecule has 3 heteroatoms. The molecule has 1 N–H and O–H groups in total. The van der Waals surface area contributed by atoms with E-state index in [0.717, 1.165) is 38.5 Å². The Hall–Kier alpha value is -0.120. The van der Waals surface area contributed by atoms with Gasteiger partial charge in [0, 0.05) is 26.4 Å². The van der Waals surface area contributed by atoms with Crippen LogP contribution in [-0.2, 0) is 9.47 Å². The van der Waals surface area contributed by atoms with Gasteiger partial charge >= 0.3 is 0 Å². The van der Waals surface area contributed by atoms with Gasteiger partial charge in [-0.05, 0) is 51.0 Å². The van der Waals surface area contributed by atoms with Crippen LogP contribution in [0.3, 0.4) is 0 Å². The van der Waals surface area contributed by atoms with Gasteiger partial charge < -0.3 is 14.8 Å². The Balaban J connectivity index is 2.67. The molecule has 0 aliphatic carbocycles. The molecule has 1 aliphatic heterocycles. The van der Waals surface area contributed by atoms with Crippen LogP contribution in [0.5, 0.6) is 0 Å². The van der Waals surface area contributed by atoms with Crippen molar-refractivity contribution >= 4 is 0 Å². The summed E-state index contributed by atoms with van der Waals surface area (Å²) in [6, 6.07) is 0.468. The molecule has 1 atom stereocenters. The van der Waals surface area contributed by atoms with Gasteiger partial charge in [0.2, 0.25) is 0 Å². The van der Waals surface area contributed by atoms with Crippen LogP contribution in [0.25, 0.3) is 0 Å². The molecule has 0 aromatic carbocycles. The number of rotatable bonds is 9. The van der Waals surface area contributed by atoms with Crippen LogP contribution in [0.4, 0.5) is 0 Å². The van der Waals surface area contributed by atoms with Crippen molar-refractivity contribution < 1.29 is 9.47 Å². The van der Waals surface area contributed by atoms with Crippen molar-refractivity contribution in [3.8, 4) is 0 Å². The molecule has 0 aromatic heterocycles. The molecule has 1 unspecified atom stereocenters. The van der Waals surface area contributed by atoms with E-state index < -0.39 is 0 Å². The van der Waals surface area contributed by atoms with Gasteiger partial charge in [0.05, 0.1) is 5.60 Å². The minimum atomic E-state index is -0.00647. The van der Waals surface area contributed by atoms with Crippen molar-refractivity contribution in [2.45, 2.75) is 70.9 Å². The maximum atomic E-state index is 5.94. The highest BCUT2D eigenvalue weighted by Gasteiger charge is 2.36. The predicted octanol–water partition coefficient (Wildman–Crippen LogP) is 3.38. The topological polar surface area (TPSA) is 30.5 Å². The fourth-order valence-electron chi connectivity index (χ4n) is 3.29. The zero-order chi connectivity index (χ0) is 14.1. The van der Waals surface area contributed by atoms with Crippen molar-refractivity contribution in [1.82, 2.24) is 5.32 Å². The summed E-state index contributed by atoms with van der Waals surface area (Å²) < 4.78 is 11.4. The largest absolute Gasteiger partial charge is 0.381 e. The first-order valence-electron chi connectivity index (χ1n) is 8.08. The average molecular weight is 271 g/mol. The zero-order valence-electron chi connectivity index (χ0n) is 13.3. The molecular formula is C16H33NO2. The van der Waals surface area contributed by atoms with E-state index in [9.17, 15) is 0 Å². The van der Waals surface area contributed by atoms with E-state index in [1.807, 2.05) is 7.11 Å². The quantitative estimate of drug-likeness (QED) is 0.697. The van der Waals surface area contributed by atoms with Gasteiger partial charge in [-0.3, -0.25) is 0 Å². The van der Waals surface area contributed by atoms with Crippen molar-refractivity contribution in [3.05, 3.63) is 0 Å². The van der Waals surface area contributed by atoms with Crippen LogP contribution >= 0.6 is 0 Å².